The molecule has 3 saturated carbocycles. The Hall–Kier alpha value is 1.09. The highest BCUT2D eigenvalue weighted by Gasteiger charge is 2.68. The number of hydrogen-bond donors (Lipinski definition) is 0. The molecule has 0 aromatic carbocycles. The second kappa shape index (κ2) is 1.63. The zero-order chi connectivity index (χ0) is 6.70. The summed E-state index contributed by atoms with van der Waals surface area (Å²) >= 11 is 17.7. The fourth-order valence-electron chi connectivity index (χ4n) is 1.83. The Morgan fingerprint density at radius 1 is 1.11 bits per heavy atom. The molecule has 0 nitrogen and oxygen atoms in total. The van der Waals surface area contributed by atoms with Gasteiger partial charge in [-0.15, -0.1) is 33.2 Å². The number of rotatable bonds is 1. The summed E-state index contributed by atoms with van der Waals surface area (Å²) in [7, 11) is 0. The Bertz CT molecular complexity index is 134. The van der Waals surface area contributed by atoms with Crippen molar-refractivity contribution in [2.75, 3.05) is 0 Å². The lowest BCUT2D eigenvalue weighted by Gasteiger charge is -2.64. The lowest BCUT2D eigenvalue weighted by atomic mass is 9.55. The van der Waals surface area contributed by atoms with E-state index in [1.54, 1.807) is 0 Å². The molecule has 0 N–H and O–H groups in total. The maximum atomic E-state index is 5.88. The monoisotopic (exact) mass is 200 g/mol. The van der Waals surface area contributed by atoms with E-state index in [2.05, 4.69) is 0 Å². The molecule has 0 aliphatic heterocycles. The molecule has 52 valence electrons. The molecule has 4 heteroatoms. The van der Waals surface area contributed by atoms with Gasteiger partial charge in [-0.3, -0.25) is 0 Å². The van der Waals surface area contributed by atoms with Crippen LogP contribution in [0.25, 0.3) is 0 Å². The fourth-order valence-corrected chi connectivity index (χ4v) is 5.47. The average Bonchev–Trinajstić information content (AvgIpc) is 1.08. The van der Waals surface area contributed by atoms with Gasteiger partial charge in [0.2, 0.25) is 0 Å². The van der Waals surface area contributed by atoms with Crippen LogP contribution in [0.2, 0.25) is 5.04 Å². The molecule has 0 saturated heterocycles. The minimum absolute atomic E-state index is 0.238. The molecule has 9 heavy (non-hydrogen) atoms. The second-order valence-corrected chi connectivity index (χ2v) is 12.2. The highest BCUT2D eigenvalue weighted by molar-refractivity contribution is 7.65. The van der Waals surface area contributed by atoms with E-state index in [9.17, 15) is 0 Å². The minimum Gasteiger partial charge on any atom is -0.125 e. The summed E-state index contributed by atoms with van der Waals surface area (Å²) in [6, 6.07) is -2.32. The van der Waals surface area contributed by atoms with Gasteiger partial charge in [-0.05, 0) is 25.2 Å². The second-order valence-electron chi connectivity index (χ2n) is 3.26. The van der Waals surface area contributed by atoms with Crippen molar-refractivity contribution in [2.24, 2.45) is 5.92 Å². The third-order valence-corrected chi connectivity index (χ3v) is 8.06. The van der Waals surface area contributed by atoms with Gasteiger partial charge in [0.1, 0.15) is 0 Å². The first-order chi connectivity index (χ1) is 4.04. The van der Waals surface area contributed by atoms with Crippen LogP contribution in [0.3, 0.4) is 0 Å². The molecule has 2 bridgehead atoms. The molecule has 3 rings (SSSR count). The van der Waals surface area contributed by atoms with Crippen LogP contribution in [0, 0.1) is 5.92 Å². The predicted octanol–water partition coefficient (Wildman–Crippen LogP) is 3.20. The molecule has 3 aliphatic rings. The van der Waals surface area contributed by atoms with Crippen LogP contribution in [-0.2, 0) is 0 Å². The SMILES string of the molecule is Cl[Si](Cl)(Cl)C12CC(C1)C2. The minimum atomic E-state index is -2.32. The Labute approximate surface area is 69.6 Å². The summed E-state index contributed by atoms with van der Waals surface area (Å²) in [5.74, 6) is 0.924. The normalized spacial score (nSPS) is 47.7. The first-order valence-electron chi connectivity index (χ1n) is 3.10. The van der Waals surface area contributed by atoms with Crippen molar-refractivity contribution in [3.05, 3.63) is 0 Å². The number of halogens is 3. The van der Waals surface area contributed by atoms with Crippen molar-refractivity contribution in [2.45, 2.75) is 24.3 Å². The quantitative estimate of drug-likeness (QED) is 0.452. The predicted molar refractivity (Wildman–Crippen MR) is 43.3 cm³/mol. The first kappa shape index (κ1) is 6.78. The maximum Gasteiger partial charge on any atom is 0.347 e. The Kier molecular flexibility index (Phi) is 1.23. The third kappa shape index (κ3) is 0.725. The van der Waals surface area contributed by atoms with Crippen LogP contribution in [0.5, 0.6) is 0 Å². The lowest BCUT2D eigenvalue weighted by molar-refractivity contribution is 0.0368. The van der Waals surface area contributed by atoms with Gasteiger partial charge >= 0.3 is 6.00 Å². The van der Waals surface area contributed by atoms with Crippen molar-refractivity contribution >= 4 is 39.2 Å². The van der Waals surface area contributed by atoms with E-state index in [0.717, 1.165) is 5.92 Å². The molecule has 0 unspecified atom stereocenters. The zero-order valence-electron chi connectivity index (χ0n) is 4.83. The Balaban J connectivity index is 2.13. The number of hydrogen-bond acceptors (Lipinski definition) is 0. The van der Waals surface area contributed by atoms with Gasteiger partial charge < -0.3 is 0 Å². The summed E-state index contributed by atoms with van der Waals surface area (Å²) in [5, 5.41) is 0.238. The highest BCUT2D eigenvalue weighted by Crippen LogP contribution is 2.77. The summed E-state index contributed by atoms with van der Waals surface area (Å²) < 4.78 is 0. The van der Waals surface area contributed by atoms with Crippen LogP contribution >= 0.6 is 33.2 Å². The van der Waals surface area contributed by atoms with Crippen LogP contribution in [0.4, 0.5) is 0 Å². The van der Waals surface area contributed by atoms with Crippen LogP contribution in [-0.4, -0.2) is 6.00 Å². The molecule has 0 atom stereocenters. The summed E-state index contributed by atoms with van der Waals surface area (Å²) in [5.41, 5.74) is 0. The zero-order valence-corrected chi connectivity index (χ0v) is 8.10. The van der Waals surface area contributed by atoms with Crippen LogP contribution < -0.4 is 0 Å². The summed E-state index contributed by atoms with van der Waals surface area (Å²) in [6.45, 7) is 0. The van der Waals surface area contributed by atoms with Gasteiger partial charge in [0.15, 0.2) is 0 Å². The van der Waals surface area contributed by atoms with E-state index in [1.807, 2.05) is 0 Å². The molecular weight excluding hydrogens is 194 g/mol. The van der Waals surface area contributed by atoms with E-state index < -0.39 is 6.00 Å². The molecule has 0 aromatic rings. The van der Waals surface area contributed by atoms with Crippen molar-refractivity contribution < 1.29 is 0 Å². The highest BCUT2D eigenvalue weighted by atomic mass is 35.8. The third-order valence-electron chi connectivity index (χ3n) is 2.64. The maximum absolute atomic E-state index is 5.88. The van der Waals surface area contributed by atoms with Crippen LogP contribution in [0.15, 0.2) is 0 Å². The van der Waals surface area contributed by atoms with E-state index in [-0.39, 0.29) is 5.04 Å². The first-order valence-corrected chi connectivity index (χ1v) is 8.14. The van der Waals surface area contributed by atoms with Crippen LogP contribution in [0.1, 0.15) is 19.3 Å². The lowest BCUT2D eigenvalue weighted by Crippen LogP contribution is -2.55. The van der Waals surface area contributed by atoms with Gasteiger partial charge in [0.05, 0.1) is 0 Å². The topological polar surface area (TPSA) is 0 Å². The molecule has 0 spiro atoms. The van der Waals surface area contributed by atoms with E-state index >= 15 is 0 Å². The van der Waals surface area contributed by atoms with Gasteiger partial charge in [-0.2, -0.15) is 0 Å². The van der Waals surface area contributed by atoms with Gasteiger partial charge in [0, 0.05) is 5.04 Å². The largest absolute Gasteiger partial charge is 0.347 e. The van der Waals surface area contributed by atoms with E-state index in [1.165, 1.54) is 19.3 Å². The fraction of sp³-hybridized carbons (Fsp3) is 1.00. The molecule has 0 aromatic heterocycles. The molecule has 0 heterocycles. The van der Waals surface area contributed by atoms with Crippen molar-refractivity contribution in [1.29, 1.82) is 0 Å². The summed E-state index contributed by atoms with van der Waals surface area (Å²) in [6.07, 6.45) is 3.61. The summed E-state index contributed by atoms with van der Waals surface area (Å²) in [4.78, 5) is 0. The Morgan fingerprint density at radius 2 is 1.56 bits per heavy atom. The molecule has 0 amide bonds. The average molecular weight is 202 g/mol. The van der Waals surface area contributed by atoms with E-state index in [4.69, 9.17) is 33.2 Å². The van der Waals surface area contributed by atoms with Gasteiger partial charge in [-0.25, -0.2) is 0 Å². The molecule has 3 aliphatic carbocycles. The van der Waals surface area contributed by atoms with Crippen molar-refractivity contribution in [3.8, 4) is 0 Å². The Morgan fingerprint density at radius 3 is 1.56 bits per heavy atom. The van der Waals surface area contributed by atoms with E-state index in [0.29, 0.717) is 0 Å². The van der Waals surface area contributed by atoms with Gasteiger partial charge in [-0.1, -0.05) is 0 Å². The molecule has 0 radical (unpaired) electrons. The van der Waals surface area contributed by atoms with Crippen molar-refractivity contribution in [3.63, 3.8) is 0 Å². The smallest absolute Gasteiger partial charge is 0.125 e. The van der Waals surface area contributed by atoms with Gasteiger partial charge in [0.25, 0.3) is 0 Å². The molecule has 3 fully saturated rings. The standard InChI is InChI=1S/C5H7Cl3Si/c6-9(7,8)5-1-4(2-5)3-5/h4H,1-3H2. The van der Waals surface area contributed by atoms with Crippen molar-refractivity contribution in [1.82, 2.24) is 0 Å². The molecular formula is C5H7Cl3Si.